The average molecular weight is 590 g/mol. The molecule has 2 aliphatic rings. The minimum atomic E-state index is -0.683. The van der Waals surface area contributed by atoms with Crippen molar-refractivity contribution in [3.05, 3.63) is 100 Å². The molecule has 42 heavy (non-hydrogen) atoms. The molecule has 220 valence electrons. The molecule has 0 aromatic heterocycles. The summed E-state index contributed by atoms with van der Waals surface area (Å²) in [6.07, 6.45) is 3.64. The Hall–Kier alpha value is -3.72. The Morgan fingerprint density at radius 3 is 2.48 bits per heavy atom. The van der Waals surface area contributed by atoms with Gasteiger partial charge in [-0.1, -0.05) is 54.1 Å². The van der Waals surface area contributed by atoms with Gasteiger partial charge >= 0.3 is 5.97 Å². The summed E-state index contributed by atoms with van der Waals surface area (Å²) in [4.78, 5) is 43.0. The Balaban J connectivity index is 1.29. The third-order valence-electron chi connectivity index (χ3n) is 7.61. The summed E-state index contributed by atoms with van der Waals surface area (Å²) in [6, 6.07) is 21.5. The van der Waals surface area contributed by atoms with Crippen LogP contribution in [0.4, 0.5) is 5.69 Å². The number of carbonyl (C=O) groups is 3. The molecule has 1 saturated carbocycles. The van der Waals surface area contributed by atoms with Gasteiger partial charge in [0.05, 0.1) is 12.1 Å². The van der Waals surface area contributed by atoms with E-state index in [4.69, 9.17) is 21.1 Å². The van der Waals surface area contributed by atoms with Crippen molar-refractivity contribution in [1.82, 2.24) is 10.2 Å². The van der Waals surface area contributed by atoms with Crippen molar-refractivity contribution in [3.8, 4) is 0 Å². The van der Waals surface area contributed by atoms with Gasteiger partial charge < -0.3 is 19.7 Å². The molecule has 5 rings (SSSR count). The Labute approximate surface area is 251 Å². The monoisotopic (exact) mass is 589 g/mol. The maximum Gasteiger partial charge on any atom is 0.338 e. The number of piperazine rings is 1. The lowest BCUT2D eigenvalue weighted by atomic mass is 10.0. The van der Waals surface area contributed by atoms with Gasteiger partial charge in [0.2, 0.25) is 11.8 Å². The van der Waals surface area contributed by atoms with Gasteiger partial charge in [-0.25, -0.2) is 4.79 Å². The number of benzene rings is 3. The Kier molecular flexibility index (Phi) is 9.89. The maximum atomic E-state index is 14.1. The molecule has 1 saturated heterocycles. The van der Waals surface area contributed by atoms with E-state index in [0.29, 0.717) is 36.0 Å². The van der Waals surface area contributed by atoms with Gasteiger partial charge in [0, 0.05) is 43.6 Å². The van der Waals surface area contributed by atoms with Gasteiger partial charge in [0.15, 0.2) is 0 Å². The fraction of sp³-hybridized carbons (Fsp3) is 0.364. The van der Waals surface area contributed by atoms with Gasteiger partial charge in [-0.2, -0.15) is 0 Å². The summed E-state index contributed by atoms with van der Waals surface area (Å²) in [6.45, 7) is 1.69. The molecule has 0 unspecified atom stereocenters. The number of hydrogen-bond acceptors (Lipinski definition) is 6. The number of carbonyl (C=O) groups excluding carboxylic acids is 3. The molecule has 9 heteroatoms. The fourth-order valence-corrected chi connectivity index (χ4v) is 5.40. The molecule has 3 aromatic carbocycles. The lowest BCUT2D eigenvalue weighted by Crippen LogP contribution is -2.61. The van der Waals surface area contributed by atoms with E-state index in [0.717, 1.165) is 42.4 Å². The van der Waals surface area contributed by atoms with E-state index >= 15 is 0 Å². The minimum Gasteiger partial charge on any atom is -0.457 e. The molecule has 1 aliphatic carbocycles. The molecular weight excluding hydrogens is 554 g/mol. The lowest BCUT2D eigenvalue weighted by Gasteiger charge is -2.38. The van der Waals surface area contributed by atoms with Crippen molar-refractivity contribution in [2.24, 2.45) is 0 Å². The zero-order valence-electron chi connectivity index (χ0n) is 23.8. The maximum absolute atomic E-state index is 14.1. The first-order valence-electron chi connectivity index (χ1n) is 14.3. The molecule has 0 bridgehead atoms. The molecule has 3 aromatic rings. The Bertz CT molecular complexity index is 1390. The molecule has 0 radical (unpaired) electrons. The number of hydrogen-bond donors (Lipinski definition) is 1. The second-order valence-corrected chi connectivity index (χ2v) is 11.1. The van der Waals surface area contributed by atoms with Crippen LogP contribution in [0.1, 0.15) is 46.3 Å². The van der Waals surface area contributed by atoms with Crippen molar-refractivity contribution < 1.29 is 23.9 Å². The number of amides is 2. The second kappa shape index (κ2) is 14.0. The van der Waals surface area contributed by atoms with E-state index in [1.807, 2.05) is 35.2 Å². The van der Waals surface area contributed by atoms with Crippen LogP contribution in [0.2, 0.25) is 5.02 Å². The first-order chi connectivity index (χ1) is 20.4. The Morgan fingerprint density at radius 2 is 1.76 bits per heavy atom. The third kappa shape index (κ3) is 7.37. The normalized spacial score (nSPS) is 16.8. The SMILES string of the molecule is COCCCc1ccc(Cl)c(CN(C(=O)[C@H]2CNCC(=O)N2c2ccc(COC(=O)c3ccccc3)cc2)C2CC2)c1. The van der Waals surface area contributed by atoms with Gasteiger partial charge in [-0.3, -0.25) is 14.5 Å². The smallest absolute Gasteiger partial charge is 0.338 e. The zero-order valence-corrected chi connectivity index (χ0v) is 24.5. The van der Waals surface area contributed by atoms with Crippen LogP contribution in [0.5, 0.6) is 0 Å². The number of nitrogens with one attached hydrogen (secondary N) is 1. The number of methoxy groups -OCH3 is 1. The summed E-state index contributed by atoms with van der Waals surface area (Å²) in [5.41, 5.74) is 3.96. The molecular formula is C33H36ClN3O5. The number of aryl methyl sites for hydroxylation is 1. The highest BCUT2D eigenvalue weighted by molar-refractivity contribution is 6.31. The number of anilines is 1. The van der Waals surface area contributed by atoms with E-state index in [9.17, 15) is 14.4 Å². The van der Waals surface area contributed by atoms with Crippen LogP contribution in [0.3, 0.4) is 0 Å². The number of nitrogens with zero attached hydrogens (tertiary/aromatic N) is 2. The molecule has 1 N–H and O–H groups in total. The summed E-state index contributed by atoms with van der Waals surface area (Å²) < 4.78 is 10.6. The molecule has 8 nitrogen and oxygen atoms in total. The highest BCUT2D eigenvalue weighted by Crippen LogP contribution is 2.32. The summed E-state index contributed by atoms with van der Waals surface area (Å²) in [7, 11) is 1.69. The first kappa shape index (κ1) is 29.8. The zero-order chi connectivity index (χ0) is 29.5. The van der Waals surface area contributed by atoms with Gasteiger partial charge in [-0.05, 0) is 72.7 Å². The van der Waals surface area contributed by atoms with Crippen LogP contribution >= 0.6 is 11.6 Å². The highest BCUT2D eigenvalue weighted by Gasteiger charge is 2.41. The van der Waals surface area contributed by atoms with E-state index in [1.165, 1.54) is 0 Å². The van der Waals surface area contributed by atoms with Crippen LogP contribution in [0.25, 0.3) is 0 Å². The molecule has 1 aliphatic heterocycles. The third-order valence-corrected chi connectivity index (χ3v) is 7.98. The van der Waals surface area contributed by atoms with Crippen LogP contribution in [-0.2, 0) is 38.6 Å². The Morgan fingerprint density at radius 1 is 1.02 bits per heavy atom. The molecule has 2 fully saturated rings. The summed E-state index contributed by atoms with van der Waals surface area (Å²) in [5.74, 6) is -0.667. The molecule has 1 atom stereocenters. The minimum absolute atomic E-state index is 0.0974. The van der Waals surface area contributed by atoms with E-state index in [-0.39, 0.29) is 31.0 Å². The van der Waals surface area contributed by atoms with E-state index in [1.54, 1.807) is 48.4 Å². The summed E-state index contributed by atoms with van der Waals surface area (Å²) >= 11 is 6.59. The number of ether oxygens (including phenoxy) is 2. The molecule has 1 heterocycles. The topological polar surface area (TPSA) is 88.2 Å². The van der Waals surface area contributed by atoms with Gasteiger partial charge in [0.1, 0.15) is 12.6 Å². The summed E-state index contributed by atoms with van der Waals surface area (Å²) in [5, 5.41) is 3.75. The lowest BCUT2D eigenvalue weighted by molar-refractivity contribution is -0.136. The molecule has 0 spiro atoms. The predicted molar refractivity (Wildman–Crippen MR) is 161 cm³/mol. The van der Waals surface area contributed by atoms with Crippen molar-refractivity contribution in [3.63, 3.8) is 0 Å². The van der Waals surface area contributed by atoms with Crippen LogP contribution in [-0.4, -0.2) is 61.6 Å². The largest absolute Gasteiger partial charge is 0.457 e. The number of rotatable bonds is 12. The van der Waals surface area contributed by atoms with Crippen molar-refractivity contribution in [2.45, 2.75) is 50.9 Å². The van der Waals surface area contributed by atoms with Crippen LogP contribution < -0.4 is 10.2 Å². The molecule has 2 amide bonds. The standard InChI is InChI=1S/C33H36ClN3O5/c1-41-17-5-6-23-11-16-29(34)26(18-23)21-36(27-14-15-27)32(39)30-19-35-20-31(38)37(30)28-12-9-24(10-13-28)22-42-33(40)25-7-3-2-4-8-25/h2-4,7-13,16,18,27,30,35H,5-6,14-15,17,19-22H2,1H3/t30-/m1/s1. The van der Waals surface area contributed by atoms with Crippen molar-refractivity contribution in [2.75, 3.05) is 31.7 Å². The average Bonchev–Trinajstić information content (AvgIpc) is 3.86. The number of esters is 1. The van der Waals surface area contributed by atoms with Crippen LogP contribution in [0.15, 0.2) is 72.8 Å². The van der Waals surface area contributed by atoms with Gasteiger partial charge in [0.25, 0.3) is 0 Å². The van der Waals surface area contributed by atoms with Crippen molar-refractivity contribution >= 4 is 35.1 Å². The predicted octanol–water partition coefficient (Wildman–Crippen LogP) is 4.77. The van der Waals surface area contributed by atoms with Gasteiger partial charge in [-0.15, -0.1) is 0 Å². The number of halogens is 1. The quantitative estimate of drug-likeness (QED) is 0.242. The van der Waals surface area contributed by atoms with E-state index in [2.05, 4.69) is 11.4 Å². The highest BCUT2D eigenvalue weighted by atomic mass is 35.5. The van der Waals surface area contributed by atoms with E-state index < -0.39 is 12.0 Å². The van der Waals surface area contributed by atoms with Crippen molar-refractivity contribution in [1.29, 1.82) is 0 Å². The second-order valence-electron chi connectivity index (χ2n) is 10.7. The fourth-order valence-electron chi connectivity index (χ4n) is 5.22. The first-order valence-corrected chi connectivity index (χ1v) is 14.7. The van der Waals surface area contributed by atoms with Crippen LogP contribution in [0, 0.1) is 0 Å².